The van der Waals surface area contributed by atoms with Crippen LogP contribution in [0.2, 0.25) is 0 Å². The molecule has 1 aliphatic rings. The Morgan fingerprint density at radius 2 is 1.97 bits per heavy atom. The molecule has 6 nitrogen and oxygen atoms in total. The van der Waals surface area contributed by atoms with E-state index in [4.69, 9.17) is 4.74 Å². The van der Waals surface area contributed by atoms with Crippen LogP contribution < -0.4 is 10.1 Å². The SMILES string of the molecule is CCc1ccccc1NC(=O)CN(C)C(=O)C(C)N1CCCc2cc(OC)ccc2C1. The lowest BCUT2D eigenvalue weighted by Crippen LogP contribution is -2.47. The van der Waals surface area contributed by atoms with Gasteiger partial charge in [-0.3, -0.25) is 14.5 Å². The van der Waals surface area contributed by atoms with E-state index in [0.29, 0.717) is 0 Å². The van der Waals surface area contributed by atoms with Crippen molar-refractivity contribution in [3.05, 3.63) is 59.2 Å². The van der Waals surface area contributed by atoms with Crippen molar-refractivity contribution < 1.29 is 14.3 Å². The predicted molar refractivity (Wildman–Crippen MR) is 123 cm³/mol. The molecular formula is C25H33N3O3. The Morgan fingerprint density at radius 1 is 1.19 bits per heavy atom. The molecule has 0 aliphatic carbocycles. The first-order chi connectivity index (χ1) is 14.9. The van der Waals surface area contributed by atoms with Crippen LogP contribution in [0.5, 0.6) is 5.75 Å². The van der Waals surface area contributed by atoms with E-state index in [9.17, 15) is 9.59 Å². The molecule has 1 heterocycles. The topological polar surface area (TPSA) is 61.9 Å². The number of nitrogens with zero attached hydrogens (tertiary/aromatic N) is 2. The Kier molecular flexibility index (Phi) is 7.69. The second-order valence-electron chi connectivity index (χ2n) is 8.14. The molecule has 1 N–H and O–H groups in total. The summed E-state index contributed by atoms with van der Waals surface area (Å²) in [5, 5.41) is 2.94. The number of carbonyl (C=O) groups excluding carboxylic acids is 2. The second kappa shape index (κ2) is 10.4. The number of ether oxygens (including phenoxy) is 1. The Morgan fingerprint density at radius 3 is 2.71 bits per heavy atom. The number of amides is 2. The molecule has 1 unspecified atom stereocenters. The lowest BCUT2D eigenvalue weighted by atomic mass is 10.0. The monoisotopic (exact) mass is 423 g/mol. The zero-order valence-corrected chi connectivity index (χ0v) is 19.0. The van der Waals surface area contributed by atoms with Crippen molar-refractivity contribution in [2.24, 2.45) is 0 Å². The maximum absolute atomic E-state index is 13.1. The molecule has 0 saturated heterocycles. The van der Waals surface area contributed by atoms with Gasteiger partial charge < -0.3 is 15.0 Å². The Labute approximate surface area is 185 Å². The van der Waals surface area contributed by atoms with Gasteiger partial charge in [-0.05, 0) is 67.6 Å². The quantitative estimate of drug-likeness (QED) is 0.741. The highest BCUT2D eigenvalue weighted by atomic mass is 16.5. The summed E-state index contributed by atoms with van der Waals surface area (Å²) in [6.45, 7) is 5.57. The summed E-state index contributed by atoms with van der Waals surface area (Å²) in [5.41, 5.74) is 4.40. The van der Waals surface area contributed by atoms with Crippen LogP contribution in [-0.4, -0.2) is 54.9 Å². The van der Waals surface area contributed by atoms with Crippen molar-refractivity contribution in [2.45, 2.75) is 45.7 Å². The molecule has 31 heavy (non-hydrogen) atoms. The number of anilines is 1. The Bertz CT molecular complexity index is 928. The summed E-state index contributed by atoms with van der Waals surface area (Å²) in [6, 6.07) is 13.6. The van der Waals surface area contributed by atoms with Gasteiger partial charge in [0.15, 0.2) is 0 Å². The van der Waals surface area contributed by atoms with Gasteiger partial charge in [0, 0.05) is 19.3 Å². The molecule has 1 aliphatic heterocycles. The molecule has 1 atom stereocenters. The fraction of sp³-hybridized carbons (Fsp3) is 0.440. The van der Waals surface area contributed by atoms with Gasteiger partial charge in [-0.1, -0.05) is 31.2 Å². The lowest BCUT2D eigenvalue weighted by molar-refractivity contribution is -0.137. The number of methoxy groups -OCH3 is 1. The van der Waals surface area contributed by atoms with Crippen LogP contribution in [0.4, 0.5) is 5.69 Å². The third-order valence-corrected chi connectivity index (χ3v) is 6.01. The Balaban J connectivity index is 1.61. The van der Waals surface area contributed by atoms with E-state index in [2.05, 4.69) is 29.3 Å². The number of carbonyl (C=O) groups is 2. The largest absolute Gasteiger partial charge is 0.497 e. The summed E-state index contributed by atoms with van der Waals surface area (Å²) in [5.74, 6) is 0.639. The normalized spacial score (nSPS) is 14.8. The maximum Gasteiger partial charge on any atom is 0.243 e. The summed E-state index contributed by atoms with van der Waals surface area (Å²) in [7, 11) is 3.37. The van der Waals surface area contributed by atoms with Gasteiger partial charge >= 0.3 is 0 Å². The van der Waals surface area contributed by atoms with Gasteiger partial charge in [0.1, 0.15) is 5.75 Å². The Hall–Kier alpha value is -2.86. The number of likely N-dealkylation sites (N-methyl/N-ethyl adjacent to an activating group) is 1. The van der Waals surface area contributed by atoms with Crippen molar-refractivity contribution in [3.8, 4) is 5.75 Å². The first kappa shape index (κ1) is 22.8. The van der Waals surface area contributed by atoms with Crippen molar-refractivity contribution in [1.29, 1.82) is 0 Å². The standard InChI is InChI=1S/C25H33N3O3/c1-5-19-9-6-7-11-23(19)26-24(29)17-27(3)25(30)18(2)28-14-8-10-20-15-22(31-4)13-12-21(20)16-28/h6-7,9,11-13,15,18H,5,8,10,14,16-17H2,1-4H3,(H,26,29). The fourth-order valence-corrected chi connectivity index (χ4v) is 4.13. The third kappa shape index (κ3) is 5.64. The highest BCUT2D eigenvalue weighted by Gasteiger charge is 2.27. The maximum atomic E-state index is 13.1. The first-order valence-corrected chi connectivity index (χ1v) is 11.0. The number of fused-ring (bicyclic) bond motifs is 1. The average molecular weight is 424 g/mol. The third-order valence-electron chi connectivity index (χ3n) is 6.01. The molecule has 0 spiro atoms. The lowest BCUT2D eigenvalue weighted by Gasteiger charge is -2.30. The van der Waals surface area contributed by atoms with Gasteiger partial charge in [0.25, 0.3) is 0 Å². The zero-order valence-electron chi connectivity index (χ0n) is 19.0. The van der Waals surface area contributed by atoms with Gasteiger partial charge in [-0.25, -0.2) is 0 Å². The molecule has 0 fully saturated rings. The van der Waals surface area contributed by atoms with Crippen molar-refractivity contribution in [1.82, 2.24) is 9.80 Å². The van der Waals surface area contributed by atoms with Crippen LogP contribution in [0.15, 0.2) is 42.5 Å². The summed E-state index contributed by atoms with van der Waals surface area (Å²) in [4.78, 5) is 29.3. The van der Waals surface area contributed by atoms with Gasteiger partial charge in [-0.2, -0.15) is 0 Å². The van der Waals surface area contributed by atoms with Crippen LogP contribution in [0, 0.1) is 0 Å². The van der Waals surface area contributed by atoms with Crippen molar-refractivity contribution in [2.75, 3.05) is 32.6 Å². The van der Waals surface area contributed by atoms with Crippen LogP contribution in [0.1, 0.15) is 37.0 Å². The number of hydrogen-bond acceptors (Lipinski definition) is 4. The predicted octanol–water partition coefficient (Wildman–Crippen LogP) is 3.49. The smallest absolute Gasteiger partial charge is 0.243 e. The fourth-order valence-electron chi connectivity index (χ4n) is 4.13. The molecule has 0 saturated carbocycles. The van der Waals surface area contributed by atoms with E-state index in [1.54, 1.807) is 14.2 Å². The highest BCUT2D eigenvalue weighted by Crippen LogP contribution is 2.25. The van der Waals surface area contributed by atoms with Crippen LogP contribution in [0.25, 0.3) is 0 Å². The van der Waals surface area contributed by atoms with Gasteiger partial charge in [-0.15, -0.1) is 0 Å². The summed E-state index contributed by atoms with van der Waals surface area (Å²) >= 11 is 0. The van der Waals surface area contributed by atoms with Crippen molar-refractivity contribution in [3.63, 3.8) is 0 Å². The van der Waals surface area contributed by atoms with Crippen LogP contribution >= 0.6 is 0 Å². The molecule has 2 aromatic carbocycles. The van der Waals surface area contributed by atoms with Crippen LogP contribution in [0.3, 0.4) is 0 Å². The molecule has 6 heteroatoms. The number of rotatable bonds is 7. The molecule has 3 rings (SSSR count). The molecule has 0 bridgehead atoms. The molecular weight excluding hydrogens is 390 g/mol. The first-order valence-electron chi connectivity index (χ1n) is 11.0. The molecule has 166 valence electrons. The van der Waals surface area contributed by atoms with E-state index in [-0.39, 0.29) is 24.4 Å². The summed E-state index contributed by atoms with van der Waals surface area (Å²) < 4.78 is 5.35. The van der Waals surface area contributed by atoms with Gasteiger partial charge in [0.2, 0.25) is 11.8 Å². The molecule has 2 amide bonds. The summed E-state index contributed by atoms with van der Waals surface area (Å²) in [6.07, 6.45) is 2.79. The number of nitrogens with one attached hydrogen (secondary N) is 1. The van der Waals surface area contributed by atoms with E-state index < -0.39 is 0 Å². The minimum atomic E-state index is -0.297. The molecule has 2 aromatic rings. The van der Waals surface area contributed by atoms with E-state index in [1.807, 2.05) is 37.3 Å². The average Bonchev–Trinajstić information content (AvgIpc) is 3.00. The number of para-hydroxylation sites is 1. The van der Waals surface area contributed by atoms with E-state index in [1.165, 1.54) is 16.0 Å². The molecule has 0 aromatic heterocycles. The number of hydrogen-bond donors (Lipinski definition) is 1. The number of benzene rings is 2. The van der Waals surface area contributed by atoms with Crippen LogP contribution in [-0.2, 0) is 29.0 Å². The minimum absolute atomic E-state index is 0.0306. The van der Waals surface area contributed by atoms with E-state index >= 15 is 0 Å². The van der Waals surface area contributed by atoms with Gasteiger partial charge in [0.05, 0.1) is 19.7 Å². The number of aryl methyl sites for hydroxylation is 2. The van der Waals surface area contributed by atoms with Crippen molar-refractivity contribution >= 4 is 17.5 Å². The minimum Gasteiger partial charge on any atom is -0.497 e. The highest BCUT2D eigenvalue weighted by molar-refractivity contribution is 5.95. The zero-order chi connectivity index (χ0) is 22.4. The molecule has 0 radical (unpaired) electrons. The van der Waals surface area contributed by atoms with E-state index in [0.717, 1.165) is 49.4 Å². The second-order valence-corrected chi connectivity index (χ2v) is 8.14.